The predicted octanol–water partition coefficient (Wildman–Crippen LogP) is 0.316. The van der Waals surface area contributed by atoms with Gasteiger partial charge in [-0.15, -0.1) is 0 Å². The molecular weight excluding hydrogens is 153 g/mol. The van der Waals surface area contributed by atoms with Crippen LogP contribution < -0.4 is 5.32 Å². The van der Waals surface area contributed by atoms with Crippen LogP contribution in [0.1, 0.15) is 20.8 Å². The largest absolute Gasteiger partial charge is 0.395 e. The lowest BCUT2D eigenvalue weighted by Gasteiger charge is -1.97. The maximum atomic E-state index is 10.7. The Bertz CT molecular complexity index is 126. The Hall–Kier alpha value is -0.765. The smallest absolute Gasteiger partial charge is 0.223 e. The molecule has 0 bridgehead atoms. The summed E-state index contributed by atoms with van der Waals surface area (Å²) in [7, 11) is 0. The molecule has 0 aliphatic heterocycles. The lowest BCUT2D eigenvalue weighted by molar-refractivity contribution is -0.120. The third-order valence-corrected chi connectivity index (χ3v) is 0.973. The molecule has 0 rings (SSSR count). The predicted molar refractivity (Wildman–Crippen MR) is 52.0 cm³/mol. The monoisotopic (exact) mass is 170 g/mol. The minimum Gasteiger partial charge on any atom is -0.395 e. The molecule has 0 saturated heterocycles. The van der Waals surface area contributed by atoms with Gasteiger partial charge < -0.3 is 10.4 Å². The molecule has 2 N–H and O–H groups in total. The van der Waals surface area contributed by atoms with Crippen molar-refractivity contribution in [2.45, 2.75) is 20.8 Å². The molecule has 0 aromatic heterocycles. The minimum absolute atomic E-state index is 0. The van der Waals surface area contributed by atoms with E-state index in [4.69, 9.17) is 5.11 Å². The summed E-state index contributed by atoms with van der Waals surface area (Å²) in [6.45, 7) is 2.21. The zero-order chi connectivity index (χ0) is 7.82. The number of aliphatic hydroxyl groups excluding tert-OH is 1. The normalized spacial score (nSPS) is 8.50. The summed E-state index contributed by atoms with van der Waals surface area (Å²) >= 11 is 0. The van der Waals surface area contributed by atoms with Crippen molar-refractivity contribution in [2.24, 2.45) is 0 Å². The lowest BCUT2D eigenvalue weighted by atomic mass is 10.3. The van der Waals surface area contributed by atoms with Crippen LogP contribution in [0, 0.1) is 0 Å². The van der Waals surface area contributed by atoms with Crippen LogP contribution in [0.5, 0.6) is 0 Å². The van der Waals surface area contributed by atoms with Crippen molar-refractivity contribution in [1.82, 2.24) is 5.32 Å². The van der Waals surface area contributed by atoms with Crippen LogP contribution in [-0.4, -0.2) is 32.6 Å². The van der Waals surface area contributed by atoms with E-state index < -0.39 is 0 Å². The van der Waals surface area contributed by atoms with Gasteiger partial charge in [0.1, 0.15) is 0 Å². The molecule has 12 heavy (non-hydrogen) atoms. The van der Waals surface area contributed by atoms with Crippen LogP contribution in [0.4, 0.5) is 0 Å². The van der Waals surface area contributed by atoms with Gasteiger partial charge in [0.05, 0.1) is 6.61 Å². The molecule has 1 amide bonds. The molecule has 0 aromatic carbocycles. The van der Waals surface area contributed by atoms with E-state index in [1.165, 1.54) is 0 Å². The fraction of sp³-hybridized carbons (Fsp3) is 0.625. The quantitative estimate of drug-likeness (QED) is 0.471. The Morgan fingerprint density at radius 3 is 2.58 bits per heavy atom. The highest BCUT2D eigenvalue weighted by Crippen LogP contribution is 1.80. The Morgan fingerprint density at radius 1 is 1.58 bits per heavy atom. The summed E-state index contributed by atoms with van der Waals surface area (Å²) in [4.78, 5) is 10.7. The third-order valence-electron chi connectivity index (χ3n) is 0.973. The van der Waals surface area contributed by atoms with E-state index in [0.717, 1.165) is 0 Å². The van der Waals surface area contributed by atoms with Gasteiger partial charge in [-0.3, -0.25) is 4.79 Å². The highest BCUT2D eigenvalue weighted by Gasteiger charge is 1.93. The number of carbonyl (C=O) groups excluding carboxylic acids is 1. The molecule has 0 spiro atoms. The highest BCUT2D eigenvalue weighted by atomic mass is 16.3. The third kappa shape index (κ3) is 12.0. The molecule has 0 atom stereocenters. The zero-order valence-electron chi connectivity index (χ0n) is 6.71. The van der Waals surface area contributed by atoms with E-state index >= 15 is 0 Å². The maximum absolute atomic E-state index is 10.7. The van der Waals surface area contributed by atoms with Crippen LogP contribution in [-0.2, 0) is 4.79 Å². The van der Waals surface area contributed by atoms with Crippen LogP contribution in [0.15, 0.2) is 12.2 Å². The molecule has 3 radical (unpaired) electrons. The Kier molecular flexibility index (Phi) is 18.6. The number of hydrogen-bond acceptors (Lipinski definition) is 2. The topological polar surface area (TPSA) is 49.3 Å². The summed E-state index contributed by atoms with van der Waals surface area (Å²) in [5.41, 5.74) is 0. The Labute approximate surface area is 76.4 Å². The first-order valence-electron chi connectivity index (χ1n) is 3.30. The van der Waals surface area contributed by atoms with E-state index in [2.05, 4.69) is 5.32 Å². The van der Waals surface area contributed by atoms with E-state index in [-0.39, 0.29) is 28.4 Å². The van der Waals surface area contributed by atoms with Crippen molar-refractivity contribution < 1.29 is 9.90 Å². The van der Waals surface area contributed by atoms with Gasteiger partial charge >= 0.3 is 0 Å². The molecule has 4 heteroatoms. The van der Waals surface area contributed by atoms with Gasteiger partial charge in [0.25, 0.3) is 0 Å². The zero-order valence-corrected chi connectivity index (χ0v) is 6.71. The minimum atomic E-state index is -0.0489. The van der Waals surface area contributed by atoms with E-state index in [9.17, 15) is 4.79 Å². The van der Waals surface area contributed by atoms with E-state index in [0.29, 0.717) is 13.0 Å². The molecule has 0 aliphatic rings. The number of amides is 1. The molecular formula is C8H17BNO2. The molecule has 69 valence electrons. The summed E-state index contributed by atoms with van der Waals surface area (Å²) in [6, 6.07) is 0. The standard InChI is InChI=1S/C7H13NO2.CH4.B/c1-2-3-4-7(10)8-5-6-9;;/h2-3,9H,4-6H2,1H3,(H,8,10);1H4;. The van der Waals surface area contributed by atoms with Crippen LogP contribution in [0.25, 0.3) is 0 Å². The number of nitrogens with one attached hydrogen (secondary N) is 1. The first-order chi connectivity index (χ1) is 4.81. The second-order valence-electron chi connectivity index (χ2n) is 1.85. The van der Waals surface area contributed by atoms with Crippen molar-refractivity contribution >= 4 is 14.3 Å². The van der Waals surface area contributed by atoms with Crippen LogP contribution in [0.3, 0.4) is 0 Å². The second-order valence-corrected chi connectivity index (χ2v) is 1.85. The van der Waals surface area contributed by atoms with Crippen molar-refractivity contribution in [2.75, 3.05) is 13.2 Å². The maximum Gasteiger partial charge on any atom is 0.223 e. The van der Waals surface area contributed by atoms with Crippen molar-refractivity contribution in [1.29, 1.82) is 0 Å². The van der Waals surface area contributed by atoms with Gasteiger partial charge in [0.2, 0.25) is 5.91 Å². The number of rotatable bonds is 4. The van der Waals surface area contributed by atoms with Gasteiger partial charge in [-0.1, -0.05) is 19.6 Å². The first kappa shape index (κ1) is 17.4. The van der Waals surface area contributed by atoms with Crippen molar-refractivity contribution in [3.05, 3.63) is 12.2 Å². The summed E-state index contributed by atoms with van der Waals surface area (Å²) in [5, 5.41) is 10.8. The first-order valence-corrected chi connectivity index (χ1v) is 3.30. The van der Waals surface area contributed by atoms with Crippen LogP contribution >= 0.6 is 0 Å². The molecule has 0 fully saturated rings. The molecule has 0 heterocycles. The summed E-state index contributed by atoms with van der Waals surface area (Å²) in [5.74, 6) is -0.0489. The van der Waals surface area contributed by atoms with Crippen molar-refractivity contribution in [3.63, 3.8) is 0 Å². The fourth-order valence-corrected chi connectivity index (χ4v) is 0.492. The molecule has 0 saturated carbocycles. The number of allylic oxidation sites excluding steroid dienone is 1. The SMILES string of the molecule is C.CC=CCC(=O)NCCO.[B]. The van der Waals surface area contributed by atoms with Crippen LogP contribution in [0.2, 0.25) is 0 Å². The fourth-order valence-electron chi connectivity index (χ4n) is 0.492. The number of aliphatic hydroxyl groups is 1. The molecule has 0 aromatic rings. The van der Waals surface area contributed by atoms with Gasteiger partial charge in [-0.25, -0.2) is 0 Å². The van der Waals surface area contributed by atoms with Gasteiger partial charge in [0, 0.05) is 21.4 Å². The van der Waals surface area contributed by atoms with E-state index in [1.54, 1.807) is 6.08 Å². The average Bonchev–Trinajstić information content (AvgIpc) is 1.97. The summed E-state index contributed by atoms with van der Waals surface area (Å²) < 4.78 is 0. The summed E-state index contributed by atoms with van der Waals surface area (Å²) in [6.07, 6.45) is 3.99. The Morgan fingerprint density at radius 2 is 2.17 bits per heavy atom. The van der Waals surface area contributed by atoms with Gasteiger partial charge in [-0.05, 0) is 6.92 Å². The average molecular weight is 170 g/mol. The molecule has 0 unspecified atom stereocenters. The number of carbonyl (C=O) groups is 1. The lowest BCUT2D eigenvalue weighted by Crippen LogP contribution is -2.25. The molecule has 0 aliphatic carbocycles. The van der Waals surface area contributed by atoms with Crippen molar-refractivity contribution in [3.8, 4) is 0 Å². The van der Waals surface area contributed by atoms with E-state index in [1.807, 2.05) is 13.0 Å². The molecule has 3 nitrogen and oxygen atoms in total. The Balaban J connectivity index is -0.000000405. The second kappa shape index (κ2) is 12.9. The number of hydrogen-bond donors (Lipinski definition) is 2. The highest BCUT2D eigenvalue weighted by molar-refractivity contribution is 5.77. The van der Waals surface area contributed by atoms with Gasteiger partial charge in [-0.2, -0.15) is 0 Å². The van der Waals surface area contributed by atoms with Gasteiger partial charge in [0.15, 0.2) is 0 Å².